The summed E-state index contributed by atoms with van der Waals surface area (Å²) in [5.74, 6) is 0. The third kappa shape index (κ3) is 2.28. The molecule has 0 saturated carbocycles. The molecule has 0 bridgehead atoms. The molecule has 2 N–H and O–H groups in total. The number of nitro benzene ring substituents is 1. The van der Waals surface area contributed by atoms with Crippen molar-refractivity contribution in [2.75, 3.05) is 5.73 Å². The Labute approximate surface area is 107 Å². The van der Waals surface area contributed by atoms with Gasteiger partial charge in [-0.15, -0.1) is 0 Å². The van der Waals surface area contributed by atoms with E-state index in [2.05, 4.69) is 0 Å². The Balaban J connectivity index is 2.68. The molecule has 1 aromatic heterocycles. The van der Waals surface area contributed by atoms with Crippen molar-refractivity contribution in [1.82, 2.24) is 4.57 Å². The number of nitrogens with two attached hydrogens (primary N) is 1. The summed E-state index contributed by atoms with van der Waals surface area (Å²) in [6, 6.07) is 6.96. The van der Waals surface area contributed by atoms with Crippen molar-refractivity contribution in [3.8, 4) is 11.8 Å². The van der Waals surface area contributed by atoms with Gasteiger partial charge >= 0.3 is 0 Å². The van der Waals surface area contributed by atoms with Gasteiger partial charge in [-0.25, -0.2) is 0 Å². The molecular formula is C12H8N4O3. The second-order valence-corrected chi connectivity index (χ2v) is 3.74. The second-order valence-electron chi connectivity index (χ2n) is 3.74. The molecule has 2 aromatic rings. The minimum absolute atomic E-state index is 0.0438. The Hall–Kier alpha value is -3.14. The van der Waals surface area contributed by atoms with Gasteiger partial charge in [0.1, 0.15) is 11.8 Å². The number of aromatic nitrogens is 1. The van der Waals surface area contributed by atoms with Gasteiger partial charge in [0.2, 0.25) is 0 Å². The fourth-order valence-electron chi connectivity index (χ4n) is 1.63. The summed E-state index contributed by atoms with van der Waals surface area (Å²) in [6.45, 7) is 0. The van der Waals surface area contributed by atoms with Gasteiger partial charge in [0.25, 0.3) is 5.69 Å². The first-order valence-corrected chi connectivity index (χ1v) is 5.19. The third-order valence-corrected chi connectivity index (χ3v) is 2.54. The first-order chi connectivity index (χ1) is 9.02. The van der Waals surface area contributed by atoms with Crippen LogP contribution in [0.15, 0.2) is 41.5 Å². The number of benzene rings is 1. The van der Waals surface area contributed by atoms with Crippen LogP contribution in [0.2, 0.25) is 0 Å². The first kappa shape index (κ1) is 12.3. The summed E-state index contributed by atoms with van der Waals surface area (Å²) in [7, 11) is 0. The lowest BCUT2D eigenvalue weighted by Gasteiger charge is -2.09. The van der Waals surface area contributed by atoms with Gasteiger partial charge in [-0.1, -0.05) is 0 Å². The predicted octanol–water partition coefficient (Wildman–Crippen LogP) is 1.20. The van der Waals surface area contributed by atoms with Crippen LogP contribution in [0, 0.1) is 21.4 Å². The number of hydrogen-bond acceptors (Lipinski definition) is 5. The number of nitriles is 1. The Bertz CT molecular complexity index is 738. The van der Waals surface area contributed by atoms with Crippen LogP contribution in [0.5, 0.6) is 0 Å². The van der Waals surface area contributed by atoms with Crippen molar-refractivity contribution in [3.63, 3.8) is 0 Å². The number of pyridine rings is 1. The minimum atomic E-state index is -0.647. The number of nitro groups is 1. The lowest BCUT2D eigenvalue weighted by atomic mass is 10.1. The van der Waals surface area contributed by atoms with E-state index in [1.807, 2.05) is 6.07 Å². The molecular weight excluding hydrogens is 248 g/mol. The van der Waals surface area contributed by atoms with E-state index in [4.69, 9.17) is 11.0 Å². The third-order valence-electron chi connectivity index (χ3n) is 2.54. The van der Waals surface area contributed by atoms with Crippen molar-refractivity contribution < 1.29 is 4.92 Å². The smallest absolute Gasteiger partial charge is 0.293 e. The molecule has 1 aromatic carbocycles. The summed E-state index contributed by atoms with van der Waals surface area (Å²) in [5, 5.41) is 19.8. The van der Waals surface area contributed by atoms with Gasteiger partial charge in [-0.3, -0.25) is 14.9 Å². The van der Waals surface area contributed by atoms with E-state index >= 15 is 0 Å². The average molecular weight is 256 g/mol. The Morgan fingerprint density at radius 2 is 1.95 bits per heavy atom. The standard InChI is InChI=1S/C12H8N4O3/c13-7-8-5-12(16(18)19)10(14)6-11(8)15-3-1-9(17)2-4-15/h1-6H,14H2. The number of anilines is 1. The first-order valence-electron chi connectivity index (χ1n) is 5.19. The van der Waals surface area contributed by atoms with Gasteiger partial charge in [-0.05, 0) is 6.07 Å². The van der Waals surface area contributed by atoms with Gasteiger partial charge in [0.05, 0.1) is 16.2 Å². The Kier molecular flexibility index (Phi) is 3.00. The summed E-state index contributed by atoms with van der Waals surface area (Å²) in [4.78, 5) is 21.1. The van der Waals surface area contributed by atoms with Gasteiger partial charge < -0.3 is 10.3 Å². The molecule has 0 radical (unpaired) electrons. The quantitative estimate of drug-likeness (QED) is 0.492. The van der Waals surface area contributed by atoms with Crippen LogP contribution in [-0.4, -0.2) is 9.49 Å². The number of hydrogen-bond donors (Lipinski definition) is 1. The van der Waals surface area contributed by atoms with E-state index in [0.717, 1.165) is 6.07 Å². The topological polar surface area (TPSA) is 115 Å². The minimum Gasteiger partial charge on any atom is -0.393 e. The predicted molar refractivity (Wildman–Crippen MR) is 67.8 cm³/mol. The van der Waals surface area contributed by atoms with Crippen LogP contribution >= 0.6 is 0 Å². The zero-order valence-electron chi connectivity index (χ0n) is 9.61. The molecule has 0 aliphatic carbocycles. The van der Waals surface area contributed by atoms with Crippen molar-refractivity contribution in [2.24, 2.45) is 0 Å². The summed E-state index contributed by atoms with van der Waals surface area (Å²) < 4.78 is 1.50. The van der Waals surface area contributed by atoms with Crippen LogP contribution in [-0.2, 0) is 0 Å². The van der Waals surface area contributed by atoms with E-state index in [0.29, 0.717) is 5.69 Å². The molecule has 0 aliphatic heterocycles. The maximum Gasteiger partial charge on any atom is 0.293 e. The van der Waals surface area contributed by atoms with Crippen LogP contribution in [0.25, 0.3) is 5.69 Å². The molecule has 7 nitrogen and oxygen atoms in total. The largest absolute Gasteiger partial charge is 0.393 e. The van der Waals surface area contributed by atoms with E-state index in [1.165, 1.54) is 35.2 Å². The number of rotatable bonds is 2. The normalized spacial score (nSPS) is 9.84. The Morgan fingerprint density at radius 3 is 2.47 bits per heavy atom. The molecule has 0 aliphatic rings. The molecule has 0 unspecified atom stereocenters. The van der Waals surface area contributed by atoms with Crippen LogP contribution in [0.3, 0.4) is 0 Å². The molecule has 19 heavy (non-hydrogen) atoms. The maximum absolute atomic E-state index is 11.0. The average Bonchev–Trinajstić information content (AvgIpc) is 2.39. The molecule has 0 amide bonds. The van der Waals surface area contributed by atoms with Crippen LogP contribution < -0.4 is 11.2 Å². The SMILES string of the molecule is N#Cc1cc([N+](=O)[O-])c(N)cc1-n1ccc(=O)cc1. The van der Waals surface area contributed by atoms with Crippen LogP contribution in [0.4, 0.5) is 11.4 Å². The molecule has 7 heteroatoms. The zero-order chi connectivity index (χ0) is 14.0. The van der Waals surface area contributed by atoms with Gasteiger partial charge in [0, 0.05) is 30.6 Å². The fourth-order valence-corrected chi connectivity index (χ4v) is 1.63. The highest BCUT2D eigenvalue weighted by Crippen LogP contribution is 2.27. The van der Waals surface area contributed by atoms with E-state index in [1.54, 1.807) is 0 Å². The van der Waals surface area contributed by atoms with E-state index < -0.39 is 4.92 Å². The zero-order valence-corrected chi connectivity index (χ0v) is 9.61. The summed E-state index contributed by atoms with van der Waals surface area (Å²) in [5.41, 5.74) is 5.53. The molecule has 0 fully saturated rings. The number of nitrogen functional groups attached to an aromatic ring is 1. The second kappa shape index (κ2) is 4.62. The number of nitrogens with zero attached hydrogens (tertiary/aromatic N) is 3. The van der Waals surface area contributed by atoms with E-state index in [-0.39, 0.29) is 22.4 Å². The van der Waals surface area contributed by atoms with Crippen molar-refractivity contribution in [3.05, 3.63) is 62.6 Å². The van der Waals surface area contributed by atoms with Gasteiger partial charge in [-0.2, -0.15) is 5.26 Å². The maximum atomic E-state index is 11.0. The molecule has 2 rings (SSSR count). The van der Waals surface area contributed by atoms with Crippen LogP contribution in [0.1, 0.15) is 5.56 Å². The highest BCUT2D eigenvalue weighted by atomic mass is 16.6. The highest BCUT2D eigenvalue weighted by molar-refractivity contribution is 5.68. The lowest BCUT2D eigenvalue weighted by Crippen LogP contribution is -2.05. The summed E-state index contributed by atoms with van der Waals surface area (Å²) >= 11 is 0. The monoisotopic (exact) mass is 256 g/mol. The molecule has 0 spiro atoms. The highest BCUT2D eigenvalue weighted by Gasteiger charge is 2.16. The van der Waals surface area contributed by atoms with Crippen molar-refractivity contribution >= 4 is 11.4 Å². The molecule has 0 atom stereocenters. The van der Waals surface area contributed by atoms with Gasteiger partial charge in [0.15, 0.2) is 5.43 Å². The van der Waals surface area contributed by atoms with Crippen molar-refractivity contribution in [1.29, 1.82) is 5.26 Å². The molecule has 1 heterocycles. The molecule has 0 saturated heterocycles. The van der Waals surface area contributed by atoms with E-state index in [9.17, 15) is 14.9 Å². The molecule has 94 valence electrons. The summed E-state index contributed by atoms with van der Waals surface area (Å²) in [6.07, 6.45) is 2.92. The lowest BCUT2D eigenvalue weighted by molar-refractivity contribution is -0.383. The van der Waals surface area contributed by atoms with Crippen molar-refractivity contribution in [2.45, 2.75) is 0 Å². The Morgan fingerprint density at radius 1 is 1.32 bits per heavy atom. The fraction of sp³-hybridized carbons (Fsp3) is 0.